The summed E-state index contributed by atoms with van der Waals surface area (Å²) < 4.78 is 0. The smallest absolute Gasteiger partial charge is 0.224 e. The SMILES string of the molecule is CC(C)(C#N)CNc1ccc2c(c1)CCC(=O)N2. The molecular formula is C14H17N3O. The first kappa shape index (κ1) is 12.4. The zero-order chi connectivity index (χ0) is 13.2. The Bertz CT molecular complexity index is 514. The monoisotopic (exact) mass is 243 g/mol. The van der Waals surface area contributed by atoms with Crippen LogP contribution >= 0.6 is 0 Å². The molecule has 1 aliphatic rings. The predicted octanol–water partition coefficient (Wildman–Crippen LogP) is 2.53. The second kappa shape index (κ2) is 4.69. The molecular weight excluding hydrogens is 226 g/mol. The van der Waals surface area contributed by atoms with Gasteiger partial charge in [0.2, 0.25) is 5.91 Å². The quantitative estimate of drug-likeness (QED) is 0.857. The largest absolute Gasteiger partial charge is 0.383 e. The van der Waals surface area contributed by atoms with Gasteiger partial charge >= 0.3 is 0 Å². The number of amides is 1. The lowest BCUT2D eigenvalue weighted by molar-refractivity contribution is -0.116. The third-order valence-electron chi connectivity index (χ3n) is 3.04. The first-order valence-electron chi connectivity index (χ1n) is 6.08. The second-order valence-electron chi connectivity index (χ2n) is 5.27. The number of hydrogen-bond acceptors (Lipinski definition) is 3. The van der Waals surface area contributed by atoms with E-state index >= 15 is 0 Å². The standard InChI is InChI=1S/C14H17N3O/c1-14(2,8-15)9-16-11-4-5-12-10(7-11)3-6-13(18)17-12/h4-5,7,16H,3,6,9H2,1-2H3,(H,17,18). The van der Waals surface area contributed by atoms with E-state index in [-0.39, 0.29) is 11.3 Å². The van der Waals surface area contributed by atoms with Crippen LogP contribution in [0.1, 0.15) is 25.8 Å². The molecule has 0 fully saturated rings. The van der Waals surface area contributed by atoms with E-state index in [1.807, 2.05) is 32.0 Å². The zero-order valence-corrected chi connectivity index (χ0v) is 10.7. The molecule has 2 N–H and O–H groups in total. The van der Waals surface area contributed by atoms with Crippen molar-refractivity contribution < 1.29 is 4.79 Å². The lowest BCUT2D eigenvalue weighted by Gasteiger charge is -2.20. The molecule has 0 radical (unpaired) electrons. The number of hydrogen-bond donors (Lipinski definition) is 2. The molecule has 4 nitrogen and oxygen atoms in total. The highest BCUT2D eigenvalue weighted by Crippen LogP contribution is 2.26. The molecule has 18 heavy (non-hydrogen) atoms. The Balaban J connectivity index is 2.08. The summed E-state index contributed by atoms with van der Waals surface area (Å²) in [6.07, 6.45) is 1.32. The van der Waals surface area contributed by atoms with Gasteiger partial charge in [-0.2, -0.15) is 5.26 Å². The third kappa shape index (κ3) is 2.80. The number of nitrogens with zero attached hydrogens (tertiary/aromatic N) is 1. The van der Waals surface area contributed by atoms with Gasteiger partial charge in [-0.05, 0) is 44.0 Å². The van der Waals surface area contributed by atoms with Crippen LogP contribution in [0.15, 0.2) is 18.2 Å². The van der Waals surface area contributed by atoms with Crippen molar-refractivity contribution in [2.24, 2.45) is 5.41 Å². The number of nitriles is 1. The number of anilines is 2. The molecule has 0 spiro atoms. The van der Waals surface area contributed by atoms with Crippen molar-refractivity contribution in [1.29, 1.82) is 5.26 Å². The van der Waals surface area contributed by atoms with Crippen LogP contribution in [0.2, 0.25) is 0 Å². The molecule has 94 valence electrons. The molecule has 1 amide bonds. The van der Waals surface area contributed by atoms with Gasteiger partial charge in [0.1, 0.15) is 0 Å². The maximum atomic E-state index is 11.2. The number of rotatable bonds is 3. The van der Waals surface area contributed by atoms with E-state index in [4.69, 9.17) is 5.26 Å². The molecule has 0 aliphatic carbocycles. The molecule has 0 saturated carbocycles. The minimum atomic E-state index is -0.385. The summed E-state index contributed by atoms with van der Waals surface area (Å²) in [7, 11) is 0. The van der Waals surface area contributed by atoms with Gasteiger partial charge in [-0.15, -0.1) is 0 Å². The van der Waals surface area contributed by atoms with Crippen LogP contribution in [-0.4, -0.2) is 12.5 Å². The van der Waals surface area contributed by atoms with Crippen LogP contribution in [0.4, 0.5) is 11.4 Å². The predicted molar refractivity (Wildman–Crippen MR) is 71.3 cm³/mol. The Morgan fingerprint density at radius 3 is 2.94 bits per heavy atom. The van der Waals surface area contributed by atoms with Crippen molar-refractivity contribution in [2.75, 3.05) is 17.2 Å². The fourth-order valence-corrected chi connectivity index (χ4v) is 1.86. The fourth-order valence-electron chi connectivity index (χ4n) is 1.86. The number of fused-ring (bicyclic) bond motifs is 1. The number of carbonyl (C=O) groups excluding carboxylic acids is 1. The van der Waals surface area contributed by atoms with E-state index in [9.17, 15) is 4.79 Å². The summed E-state index contributed by atoms with van der Waals surface area (Å²) >= 11 is 0. The molecule has 0 bridgehead atoms. The number of nitrogens with one attached hydrogen (secondary N) is 2. The van der Waals surface area contributed by atoms with E-state index in [0.29, 0.717) is 13.0 Å². The van der Waals surface area contributed by atoms with Gasteiger partial charge in [0.05, 0.1) is 11.5 Å². The molecule has 0 atom stereocenters. The average Bonchev–Trinajstić information content (AvgIpc) is 2.36. The Kier molecular flexibility index (Phi) is 3.24. The van der Waals surface area contributed by atoms with Crippen LogP contribution < -0.4 is 10.6 Å². The van der Waals surface area contributed by atoms with E-state index in [2.05, 4.69) is 16.7 Å². The van der Waals surface area contributed by atoms with Crippen molar-refractivity contribution in [3.63, 3.8) is 0 Å². The van der Waals surface area contributed by atoms with Gasteiger partial charge in [-0.3, -0.25) is 4.79 Å². The van der Waals surface area contributed by atoms with Gasteiger partial charge in [-0.25, -0.2) is 0 Å². The fraction of sp³-hybridized carbons (Fsp3) is 0.429. The van der Waals surface area contributed by atoms with Crippen molar-refractivity contribution >= 4 is 17.3 Å². The van der Waals surface area contributed by atoms with E-state index in [1.165, 1.54) is 0 Å². The highest BCUT2D eigenvalue weighted by Gasteiger charge is 2.17. The summed E-state index contributed by atoms with van der Waals surface area (Å²) in [4.78, 5) is 11.2. The highest BCUT2D eigenvalue weighted by molar-refractivity contribution is 5.94. The van der Waals surface area contributed by atoms with Gasteiger partial charge in [-0.1, -0.05) is 0 Å². The molecule has 0 aromatic heterocycles. The molecule has 1 aromatic rings. The van der Waals surface area contributed by atoms with Gasteiger partial charge < -0.3 is 10.6 Å². The summed E-state index contributed by atoms with van der Waals surface area (Å²) in [5, 5.41) is 15.1. The Hall–Kier alpha value is -2.02. The molecule has 1 heterocycles. The Morgan fingerprint density at radius 1 is 1.44 bits per heavy atom. The molecule has 2 rings (SSSR count). The van der Waals surface area contributed by atoms with Crippen molar-refractivity contribution in [1.82, 2.24) is 0 Å². The summed E-state index contributed by atoms with van der Waals surface area (Å²) in [6, 6.07) is 8.14. The first-order valence-corrected chi connectivity index (χ1v) is 6.08. The summed E-state index contributed by atoms with van der Waals surface area (Å²) in [5.41, 5.74) is 2.66. The normalized spacial score (nSPS) is 14.4. The molecule has 1 aliphatic heterocycles. The van der Waals surface area contributed by atoms with Gasteiger partial charge in [0, 0.05) is 24.3 Å². The van der Waals surface area contributed by atoms with Crippen molar-refractivity contribution in [3.8, 4) is 6.07 Å². The summed E-state index contributed by atoms with van der Waals surface area (Å²) in [6.45, 7) is 4.41. The van der Waals surface area contributed by atoms with Crippen molar-refractivity contribution in [2.45, 2.75) is 26.7 Å². The van der Waals surface area contributed by atoms with E-state index < -0.39 is 0 Å². The zero-order valence-electron chi connectivity index (χ0n) is 10.7. The third-order valence-corrected chi connectivity index (χ3v) is 3.04. The van der Waals surface area contributed by atoms with Crippen LogP contribution in [0.3, 0.4) is 0 Å². The Labute approximate surface area is 107 Å². The molecule has 4 heteroatoms. The van der Waals surface area contributed by atoms with Gasteiger partial charge in [0.25, 0.3) is 0 Å². The van der Waals surface area contributed by atoms with Crippen LogP contribution in [0, 0.1) is 16.7 Å². The molecule has 0 unspecified atom stereocenters. The van der Waals surface area contributed by atoms with Crippen LogP contribution in [0.25, 0.3) is 0 Å². The highest BCUT2D eigenvalue weighted by atomic mass is 16.1. The topological polar surface area (TPSA) is 64.9 Å². The Morgan fingerprint density at radius 2 is 2.22 bits per heavy atom. The number of aryl methyl sites for hydroxylation is 1. The second-order valence-corrected chi connectivity index (χ2v) is 5.27. The minimum Gasteiger partial charge on any atom is -0.383 e. The average molecular weight is 243 g/mol. The number of carbonyl (C=O) groups is 1. The minimum absolute atomic E-state index is 0.0776. The lowest BCUT2D eigenvalue weighted by Crippen LogP contribution is -2.22. The molecule has 0 saturated heterocycles. The van der Waals surface area contributed by atoms with E-state index in [1.54, 1.807) is 0 Å². The lowest BCUT2D eigenvalue weighted by atomic mass is 9.95. The maximum Gasteiger partial charge on any atom is 0.224 e. The van der Waals surface area contributed by atoms with Crippen LogP contribution in [0.5, 0.6) is 0 Å². The van der Waals surface area contributed by atoms with Gasteiger partial charge in [0.15, 0.2) is 0 Å². The maximum absolute atomic E-state index is 11.2. The number of benzene rings is 1. The summed E-state index contributed by atoms with van der Waals surface area (Å²) in [5.74, 6) is 0.0776. The van der Waals surface area contributed by atoms with E-state index in [0.717, 1.165) is 23.4 Å². The van der Waals surface area contributed by atoms with Crippen molar-refractivity contribution in [3.05, 3.63) is 23.8 Å². The van der Waals surface area contributed by atoms with Crippen LogP contribution in [-0.2, 0) is 11.2 Å². The molecule has 1 aromatic carbocycles. The first-order chi connectivity index (χ1) is 8.50.